The molecule has 46 valence electrons. The fourth-order valence-corrected chi connectivity index (χ4v) is 2.43. The van der Waals surface area contributed by atoms with Gasteiger partial charge in [0, 0.05) is 0 Å². The van der Waals surface area contributed by atoms with Gasteiger partial charge in [0.25, 0.3) is 0 Å². The summed E-state index contributed by atoms with van der Waals surface area (Å²) in [7, 11) is 0. The molecule has 0 saturated carbocycles. The van der Waals surface area contributed by atoms with Gasteiger partial charge >= 0.3 is 64.2 Å². The molecular formula is C6H5NSSe. The van der Waals surface area contributed by atoms with Crippen LogP contribution in [0.3, 0.4) is 0 Å². The Morgan fingerprint density at radius 2 is 2.67 bits per heavy atom. The summed E-state index contributed by atoms with van der Waals surface area (Å²) in [6.45, 7) is 0. The van der Waals surface area contributed by atoms with Gasteiger partial charge in [-0.2, -0.15) is 0 Å². The van der Waals surface area contributed by atoms with Crippen LogP contribution in [0.25, 0.3) is 0 Å². The molecule has 9 heavy (non-hydrogen) atoms. The second-order valence-electron chi connectivity index (χ2n) is 1.46. The van der Waals surface area contributed by atoms with E-state index in [1.54, 1.807) is 11.3 Å². The summed E-state index contributed by atoms with van der Waals surface area (Å²) in [5.41, 5.74) is 0. The minimum absolute atomic E-state index is 0.158. The first kappa shape index (κ1) is 6.82. The number of hydrogen-bond acceptors (Lipinski definition) is 2. The first-order chi connectivity index (χ1) is 4.43. The second kappa shape index (κ2) is 3.68. The molecule has 0 radical (unpaired) electrons. The molecule has 0 amide bonds. The number of thiophene rings is 1. The van der Waals surface area contributed by atoms with Crippen LogP contribution in [0.4, 0.5) is 0 Å². The second-order valence-corrected chi connectivity index (χ2v) is 4.09. The standard InChI is InChI=1S/C6H5NSSe/c7-5-9-4-6-2-1-3-8-6/h1-3H,4H2. The maximum absolute atomic E-state index is 8.25. The van der Waals surface area contributed by atoms with E-state index in [0.29, 0.717) is 0 Å². The average Bonchev–Trinajstić information content (AvgIpc) is 2.34. The fraction of sp³-hybridized carbons (Fsp3) is 0.167. The summed E-state index contributed by atoms with van der Waals surface area (Å²) in [6, 6.07) is 4.09. The molecule has 0 spiro atoms. The molecule has 0 unspecified atom stereocenters. The summed E-state index contributed by atoms with van der Waals surface area (Å²) in [4.78, 5) is 3.51. The van der Waals surface area contributed by atoms with Gasteiger partial charge in [-0.3, -0.25) is 0 Å². The molecule has 0 aliphatic heterocycles. The van der Waals surface area contributed by atoms with Crippen LogP contribution in [0.2, 0.25) is 0 Å². The van der Waals surface area contributed by atoms with Crippen molar-refractivity contribution in [3.63, 3.8) is 0 Å². The molecule has 1 heterocycles. The first-order valence-corrected chi connectivity index (χ1v) is 5.41. The van der Waals surface area contributed by atoms with Gasteiger partial charge in [0.2, 0.25) is 0 Å². The topological polar surface area (TPSA) is 23.8 Å². The zero-order valence-corrected chi connectivity index (χ0v) is 7.23. The molecule has 0 aliphatic rings. The van der Waals surface area contributed by atoms with Crippen LogP contribution >= 0.6 is 11.3 Å². The van der Waals surface area contributed by atoms with Crippen LogP contribution in [-0.2, 0) is 5.32 Å². The third-order valence-corrected chi connectivity index (χ3v) is 3.37. The van der Waals surface area contributed by atoms with Gasteiger partial charge in [-0.05, 0) is 0 Å². The maximum atomic E-state index is 8.25. The molecule has 1 nitrogen and oxygen atoms in total. The van der Waals surface area contributed by atoms with E-state index < -0.39 is 0 Å². The van der Waals surface area contributed by atoms with Crippen LogP contribution in [0.1, 0.15) is 4.88 Å². The van der Waals surface area contributed by atoms with Crippen molar-refractivity contribution in [1.29, 1.82) is 5.26 Å². The van der Waals surface area contributed by atoms with Gasteiger partial charge in [-0.15, -0.1) is 0 Å². The zero-order chi connectivity index (χ0) is 6.53. The molecule has 1 aromatic heterocycles. The Bertz CT molecular complexity index is 199. The van der Waals surface area contributed by atoms with Gasteiger partial charge in [0.15, 0.2) is 0 Å². The fourth-order valence-electron chi connectivity index (χ4n) is 0.498. The van der Waals surface area contributed by atoms with Crippen molar-refractivity contribution in [2.45, 2.75) is 5.32 Å². The number of hydrogen-bond donors (Lipinski definition) is 0. The molecule has 0 N–H and O–H groups in total. The zero-order valence-electron chi connectivity index (χ0n) is 4.70. The van der Waals surface area contributed by atoms with E-state index in [0.717, 1.165) is 5.32 Å². The summed E-state index contributed by atoms with van der Waals surface area (Å²) < 4.78 is 0. The van der Waals surface area contributed by atoms with Gasteiger partial charge in [0.05, 0.1) is 0 Å². The van der Waals surface area contributed by atoms with Crippen molar-refractivity contribution >= 4 is 26.3 Å². The van der Waals surface area contributed by atoms with E-state index in [9.17, 15) is 0 Å². The Balaban J connectivity index is 2.41. The quantitative estimate of drug-likeness (QED) is 0.665. The van der Waals surface area contributed by atoms with Gasteiger partial charge in [-0.1, -0.05) is 0 Å². The summed E-state index contributed by atoms with van der Waals surface area (Å²) in [6.07, 6.45) is 0. The van der Waals surface area contributed by atoms with E-state index in [1.807, 2.05) is 11.4 Å². The third kappa shape index (κ3) is 2.19. The van der Waals surface area contributed by atoms with Crippen LogP contribution in [0.15, 0.2) is 17.5 Å². The predicted octanol–water partition coefficient (Wildman–Crippen LogP) is 1.43. The predicted molar refractivity (Wildman–Crippen MR) is 39.4 cm³/mol. The Labute approximate surface area is 64.5 Å². The summed E-state index contributed by atoms with van der Waals surface area (Å²) in [5.74, 6) is 0. The van der Waals surface area contributed by atoms with Gasteiger partial charge in [-0.25, -0.2) is 0 Å². The van der Waals surface area contributed by atoms with E-state index in [1.165, 1.54) is 4.88 Å². The van der Waals surface area contributed by atoms with E-state index >= 15 is 0 Å². The van der Waals surface area contributed by atoms with Crippen LogP contribution < -0.4 is 0 Å². The summed E-state index contributed by atoms with van der Waals surface area (Å²) in [5, 5.41) is 11.3. The monoisotopic (exact) mass is 203 g/mol. The van der Waals surface area contributed by atoms with Gasteiger partial charge in [0.1, 0.15) is 0 Å². The SMILES string of the molecule is N#C[Se]Cc1cccs1. The first-order valence-electron chi connectivity index (χ1n) is 2.47. The van der Waals surface area contributed by atoms with E-state index in [4.69, 9.17) is 5.26 Å². The third-order valence-electron chi connectivity index (χ3n) is 0.859. The molecule has 1 aromatic rings. The van der Waals surface area contributed by atoms with Crippen molar-refractivity contribution in [3.8, 4) is 4.97 Å². The summed E-state index contributed by atoms with van der Waals surface area (Å²) >= 11 is 1.88. The number of rotatable bonds is 2. The van der Waals surface area contributed by atoms with Crippen LogP contribution in [0.5, 0.6) is 0 Å². The molecule has 0 aromatic carbocycles. The van der Waals surface area contributed by atoms with Crippen LogP contribution in [0, 0.1) is 10.2 Å². The normalized spacial score (nSPS) is 8.78. The Morgan fingerprint density at radius 3 is 3.22 bits per heavy atom. The van der Waals surface area contributed by atoms with Crippen LogP contribution in [-0.4, -0.2) is 15.0 Å². The molecule has 0 aliphatic carbocycles. The Kier molecular flexibility index (Phi) is 2.79. The van der Waals surface area contributed by atoms with Crippen molar-refractivity contribution < 1.29 is 0 Å². The minimum atomic E-state index is 0.158. The molecule has 0 bridgehead atoms. The van der Waals surface area contributed by atoms with Crippen molar-refractivity contribution in [2.75, 3.05) is 0 Å². The molecule has 1 rings (SSSR count). The average molecular weight is 202 g/mol. The molecular weight excluding hydrogens is 197 g/mol. The Hall–Kier alpha value is -0.291. The molecule has 0 atom stereocenters. The van der Waals surface area contributed by atoms with E-state index in [2.05, 4.69) is 11.0 Å². The number of nitrogens with zero attached hydrogens (tertiary/aromatic N) is 1. The van der Waals surface area contributed by atoms with Crippen molar-refractivity contribution in [2.24, 2.45) is 0 Å². The molecule has 3 heteroatoms. The van der Waals surface area contributed by atoms with Crippen molar-refractivity contribution in [3.05, 3.63) is 22.4 Å². The van der Waals surface area contributed by atoms with Gasteiger partial charge < -0.3 is 0 Å². The molecule has 0 saturated heterocycles. The van der Waals surface area contributed by atoms with Crippen molar-refractivity contribution in [1.82, 2.24) is 0 Å². The van der Waals surface area contributed by atoms with E-state index in [-0.39, 0.29) is 15.0 Å². The molecule has 0 fully saturated rings. The Morgan fingerprint density at radius 1 is 1.78 bits per heavy atom. The number of nitriles is 1.